The van der Waals surface area contributed by atoms with Gasteiger partial charge in [-0.1, -0.05) is 55.3 Å². The fourth-order valence-electron chi connectivity index (χ4n) is 2.99. The largest absolute Gasteiger partial charge is 0.465 e. The van der Waals surface area contributed by atoms with Crippen molar-refractivity contribution in [2.75, 3.05) is 6.54 Å². The normalized spacial score (nSPS) is 12.8. The molecule has 1 amide bonds. The van der Waals surface area contributed by atoms with Crippen LogP contribution in [0.15, 0.2) is 34.9 Å². The van der Waals surface area contributed by atoms with Crippen LogP contribution in [0.3, 0.4) is 0 Å². The molecule has 0 fully saturated rings. The maximum atomic E-state index is 11.0. The fourth-order valence-corrected chi connectivity index (χ4v) is 3.25. The number of benzene rings is 1. The van der Waals surface area contributed by atoms with Crippen LogP contribution in [0.2, 0.25) is 0 Å². The van der Waals surface area contributed by atoms with Crippen LogP contribution in [0.1, 0.15) is 50.2 Å². The molecule has 1 aromatic carbocycles. The molecule has 1 unspecified atom stereocenters. The summed E-state index contributed by atoms with van der Waals surface area (Å²) in [6.07, 6.45) is 3.70. The van der Waals surface area contributed by atoms with Crippen LogP contribution in [0.4, 0.5) is 4.79 Å². The zero-order valence-corrected chi connectivity index (χ0v) is 17.5. The van der Waals surface area contributed by atoms with Gasteiger partial charge in [0.15, 0.2) is 0 Å². The summed E-state index contributed by atoms with van der Waals surface area (Å²) < 4.78 is 3.16. The van der Waals surface area contributed by atoms with E-state index in [2.05, 4.69) is 63.7 Å². The summed E-state index contributed by atoms with van der Waals surface area (Å²) in [4.78, 5) is 15.7. The van der Waals surface area contributed by atoms with E-state index >= 15 is 0 Å². The second-order valence-corrected chi connectivity index (χ2v) is 8.49. The third kappa shape index (κ3) is 5.59. The minimum atomic E-state index is -1.01. The maximum Gasteiger partial charge on any atom is 0.404 e. The third-order valence-corrected chi connectivity index (χ3v) is 5.53. The quantitative estimate of drug-likeness (QED) is 0.645. The van der Waals surface area contributed by atoms with Crippen molar-refractivity contribution in [3.63, 3.8) is 0 Å². The van der Waals surface area contributed by atoms with Gasteiger partial charge >= 0.3 is 6.09 Å². The van der Waals surface area contributed by atoms with Crippen molar-refractivity contribution in [1.29, 1.82) is 0 Å². The van der Waals surface area contributed by atoms with Crippen LogP contribution in [-0.4, -0.2) is 27.3 Å². The molecule has 2 N–H and O–H groups in total. The zero-order chi connectivity index (χ0) is 19.3. The van der Waals surface area contributed by atoms with Gasteiger partial charge in [-0.15, -0.1) is 0 Å². The topological polar surface area (TPSA) is 67.2 Å². The first kappa shape index (κ1) is 20.5. The Bertz CT molecular complexity index is 738. The van der Waals surface area contributed by atoms with Gasteiger partial charge in [-0.25, -0.2) is 9.78 Å². The van der Waals surface area contributed by atoms with Crippen molar-refractivity contribution in [1.82, 2.24) is 14.9 Å². The van der Waals surface area contributed by atoms with Gasteiger partial charge in [0.2, 0.25) is 0 Å². The van der Waals surface area contributed by atoms with Gasteiger partial charge in [0.1, 0.15) is 5.82 Å². The van der Waals surface area contributed by atoms with Crippen molar-refractivity contribution >= 4 is 22.0 Å². The molecule has 6 heteroatoms. The van der Waals surface area contributed by atoms with E-state index in [0.717, 1.165) is 35.1 Å². The summed E-state index contributed by atoms with van der Waals surface area (Å²) in [7, 11) is 2.03. The molecule has 0 saturated carbocycles. The highest BCUT2D eigenvalue weighted by atomic mass is 79.9. The van der Waals surface area contributed by atoms with E-state index in [9.17, 15) is 4.79 Å². The molecule has 142 valence electrons. The lowest BCUT2D eigenvalue weighted by Crippen LogP contribution is -2.29. The van der Waals surface area contributed by atoms with E-state index in [-0.39, 0.29) is 11.3 Å². The van der Waals surface area contributed by atoms with Crippen LogP contribution < -0.4 is 5.32 Å². The summed E-state index contributed by atoms with van der Waals surface area (Å²) in [6, 6.07) is 8.12. The highest BCUT2D eigenvalue weighted by Gasteiger charge is 2.23. The highest BCUT2D eigenvalue weighted by molar-refractivity contribution is 9.10. The summed E-state index contributed by atoms with van der Waals surface area (Å²) in [6.45, 7) is 7.05. The molecule has 1 atom stereocenters. The Kier molecular flexibility index (Phi) is 6.87. The van der Waals surface area contributed by atoms with Crippen molar-refractivity contribution in [3.8, 4) is 0 Å². The Balaban J connectivity index is 2.25. The predicted molar refractivity (Wildman–Crippen MR) is 108 cm³/mol. The van der Waals surface area contributed by atoms with Crippen molar-refractivity contribution in [2.45, 2.75) is 46.0 Å². The first-order chi connectivity index (χ1) is 12.2. The number of aromatic nitrogens is 2. The first-order valence-electron chi connectivity index (χ1n) is 8.93. The molecule has 0 saturated heterocycles. The maximum absolute atomic E-state index is 11.0. The molecule has 0 aliphatic carbocycles. The van der Waals surface area contributed by atoms with Crippen molar-refractivity contribution < 1.29 is 9.90 Å². The van der Waals surface area contributed by atoms with E-state index in [1.807, 2.05) is 25.4 Å². The summed E-state index contributed by atoms with van der Waals surface area (Å²) >= 11 is 3.45. The monoisotopic (exact) mass is 421 g/mol. The molecule has 0 bridgehead atoms. The lowest BCUT2D eigenvalue weighted by Gasteiger charge is -2.23. The smallest absolute Gasteiger partial charge is 0.404 e. The molecule has 0 aliphatic rings. The van der Waals surface area contributed by atoms with Gasteiger partial charge in [-0.2, -0.15) is 0 Å². The number of nitrogens with zero attached hydrogens (tertiary/aromatic N) is 2. The van der Waals surface area contributed by atoms with Crippen LogP contribution in [0.5, 0.6) is 0 Å². The lowest BCUT2D eigenvalue weighted by atomic mass is 9.85. The number of nitrogens with one attached hydrogen (secondary N) is 1. The number of halogens is 1. The predicted octanol–water partition coefficient (Wildman–Crippen LogP) is 4.76. The van der Waals surface area contributed by atoms with Gasteiger partial charge in [0.25, 0.3) is 0 Å². The standard InChI is InChI=1S/C20H28BrN3O2/c1-5-20(2,3)11-17-13-22-18(24(17)4)15(12-23-19(25)26)10-14-6-8-16(21)9-7-14/h6-9,13,15,23H,5,10-12H2,1-4H3,(H,25,26). The molecule has 0 radical (unpaired) electrons. The van der Waals surface area contributed by atoms with Crippen LogP contribution >= 0.6 is 15.9 Å². The number of amides is 1. The zero-order valence-electron chi connectivity index (χ0n) is 15.9. The van der Waals surface area contributed by atoms with E-state index < -0.39 is 6.09 Å². The summed E-state index contributed by atoms with van der Waals surface area (Å²) in [5.74, 6) is 0.902. The molecule has 26 heavy (non-hydrogen) atoms. The number of hydrogen-bond acceptors (Lipinski definition) is 2. The Morgan fingerprint density at radius 3 is 2.58 bits per heavy atom. The molecule has 1 aromatic heterocycles. The van der Waals surface area contributed by atoms with Gasteiger partial charge in [-0.3, -0.25) is 0 Å². The Morgan fingerprint density at radius 2 is 2.00 bits per heavy atom. The van der Waals surface area contributed by atoms with E-state index in [4.69, 9.17) is 5.11 Å². The molecule has 0 spiro atoms. The minimum absolute atomic E-state index is 0.0178. The molecule has 5 nitrogen and oxygen atoms in total. The number of imidazole rings is 1. The summed E-state index contributed by atoms with van der Waals surface area (Å²) in [5, 5.41) is 11.6. The van der Waals surface area contributed by atoms with Gasteiger partial charge in [-0.05, 0) is 36.0 Å². The number of carbonyl (C=O) groups is 1. The third-order valence-electron chi connectivity index (χ3n) is 5.00. The molecule has 1 heterocycles. The molecular weight excluding hydrogens is 394 g/mol. The van der Waals surface area contributed by atoms with Crippen LogP contribution in [-0.2, 0) is 19.9 Å². The van der Waals surface area contributed by atoms with Crippen LogP contribution in [0.25, 0.3) is 0 Å². The SMILES string of the molecule is CCC(C)(C)Cc1cnc(C(CNC(=O)O)Cc2ccc(Br)cc2)n1C. The van der Waals surface area contributed by atoms with Gasteiger partial charge in [0, 0.05) is 35.9 Å². The fraction of sp³-hybridized carbons (Fsp3) is 0.500. The molecular formula is C20H28BrN3O2. The summed E-state index contributed by atoms with van der Waals surface area (Å²) in [5.41, 5.74) is 2.55. The Morgan fingerprint density at radius 1 is 1.35 bits per heavy atom. The average Bonchev–Trinajstić information content (AvgIpc) is 2.93. The van der Waals surface area contributed by atoms with Gasteiger partial charge in [0.05, 0.1) is 0 Å². The van der Waals surface area contributed by atoms with E-state index in [0.29, 0.717) is 6.54 Å². The Hall–Kier alpha value is -1.82. The second-order valence-electron chi connectivity index (χ2n) is 7.57. The lowest BCUT2D eigenvalue weighted by molar-refractivity contribution is 0.193. The van der Waals surface area contributed by atoms with Crippen molar-refractivity contribution in [3.05, 3.63) is 52.0 Å². The highest BCUT2D eigenvalue weighted by Crippen LogP contribution is 2.27. The average molecular weight is 422 g/mol. The first-order valence-corrected chi connectivity index (χ1v) is 9.73. The number of hydrogen-bond donors (Lipinski definition) is 2. The molecule has 0 aliphatic heterocycles. The number of carboxylic acid groups (broad SMARTS) is 1. The van der Waals surface area contributed by atoms with E-state index in [1.165, 1.54) is 5.69 Å². The van der Waals surface area contributed by atoms with E-state index in [1.54, 1.807) is 0 Å². The number of rotatable bonds is 8. The molecule has 2 rings (SSSR count). The molecule has 2 aromatic rings. The van der Waals surface area contributed by atoms with Crippen molar-refractivity contribution in [2.24, 2.45) is 12.5 Å². The van der Waals surface area contributed by atoms with Gasteiger partial charge < -0.3 is 15.0 Å². The minimum Gasteiger partial charge on any atom is -0.465 e. The second kappa shape index (κ2) is 8.71. The van der Waals surface area contributed by atoms with Crippen LogP contribution in [0, 0.1) is 5.41 Å². The Labute approximate surface area is 164 Å².